The second-order valence-corrected chi connectivity index (χ2v) is 4.13. The summed E-state index contributed by atoms with van der Waals surface area (Å²) < 4.78 is 39.7. The largest absolute Gasteiger partial charge is 0.306 e. The molecule has 0 aliphatic rings. The fourth-order valence-corrected chi connectivity index (χ4v) is 1.96. The molecule has 0 fully saturated rings. The van der Waals surface area contributed by atoms with Gasteiger partial charge in [-0.3, -0.25) is 4.98 Å². The van der Waals surface area contributed by atoms with E-state index in [2.05, 4.69) is 10.3 Å². The third-order valence-corrected chi connectivity index (χ3v) is 2.69. The van der Waals surface area contributed by atoms with Gasteiger partial charge in [0, 0.05) is 12.3 Å². The van der Waals surface area contributed by atoms with Crippen LogP contribution in [0.2, 0.25) is 0 Å². The molecule has 19 heavy (non-hydrogen) atoms. The van der Waals surface area contributed by atoms with E-state index in [1.54, 1.807) is 0 Å². The van der Waals surface area contributed by atoms with E-state index in [0.29, 0.717) is 17.7 Å². The van der Waals surface area contributed by atoms with Crippen molar-refractivity contribution in [2.45, 2.75) is 13.0 Å². The molecule has 0 aliphatic carbocycles. The zero-order valence-electron chi connectivity index (χ0n) is 10.3. The van der Waals surface area contributed by atoms with Crippen LogP contribution in [0.1, 0.15) is 24.1 Å². The van der Waals surface area contributed by atoms with Gasteiger partial charge in [-0.2, -0.15) is 0 Å². The molecule has 100 valence electrons. The topological polar surface area (TPSA) is 24.9 Å². The Kier molecular flexibility index (Phi) is 4.16. The number of hydrogen-bond acceptors (Lipinski definition) is 2. The molecule has 5 heteroatoms. The van der Waals surface area contributed by atoms with Gasteiger partial charge in [0.05, 0.1) is 12.2 Å². The standard InChI is InChI=1S/C14H13F3N2/c1-2-19-14(10-5-13(17)8-18-7-10)9-3-11(15)6-12(16)4-9/h3-8,14,19H,2H2,1H3. The molecule has 0 saturated carbocycles. The summed E-state index contributed by atoms with van der Waals surface area (Å²) in [6.07, 6.45) is 2.55. The van der Waals surface area contributed by atoms with Crippen molar-refractivity contribution in [2.75, 3.05) is 6.54 Å². The lowest BCUT2D eigenvalue weighted by molar-refractivity contribution is 0.562. The van der Waals surface area contributed by atoms with E-state index in [9.17, 15) is 13.2 Å². The first-order valence-corrected chi connectivity index (χ1v) is 5.90. The Bertz CT molecular complexity index is 552. The second kappa shape index (κ2) is 5.84. The molecular formula is C14H13F3N2. The Balaban J connectivity index is 2.44. The molecule has 2 rings (SSSR count). The van der Waals surface area contributed by atoms with Gasteiger partial charge in [0.25, 0.3) is 0 Å². The number of aromatic nitrogens is 1. The van der Waals surface area contributed by atoms with Gasteiger partial charge >= 0.3 is 0 Å². The maximum atomic E-state index is 13.3. The van der Waals surface area contributed by atoms with Crippen molar-refractivity contribution in [3.05, 3.63) is 65.2 Å². The number of pyridine rings is 1. The first-order valence-electron chi connectivity index (χ1n) is 5.90. The Morgan fingerprint density at radius 1 is 0.947 bits per heavy atom. The van der Waals surface area contributed by atoms with Gasteiger partial charge in [-0.15, -0.1) is 0 Å². The normalized spacial score (nSPS) is 12.4. The first kappa shape index (κ1) is 13.5. The highest BCUT2D eigenvalue weighted by atomic mass is 19.1. The first-order chi connectivity index (χ1) is 9.10. The Morgan fingerprint density at radius 3 is 2.16 bits per heavy atom. The predicted octanol–water partition coefficient (Wildman–Crippen LogP) is 3.20. The molecular weight excluding hydrogens is 253 g/mol. The molecule has 1 unspecified atom stereocenters. The van der Waals surface area contributed by atoms with Crippen LogP contribution < -0.4 is 5.32 Å². The van der Waals surface area contributed by atoms with Crippen LogP contribution in [0, 0.1) is 17.5 Å². The van der Waals surface area contributed by atoms with Crippen molar-refractivity contribution < 1.29 is 13.2 Å². The van der Waals surface area contributed by atoms with Gasteiger partial charge in [-0.25, -0.2) is 13.2 Å². The number of benzene rings is 1. The minimum Gasteiger partial charge on any atom is -0.306 e. The average Bonchev–Trinajstić information content (AvgIpc) is 2.34. The van der Waals surface area contributed by atoms with E-state index in [1.165, 1.54) is 24.4 Å². The molecule has 1 aromatic heterocycles. The van der Waals surface area contributed by atoms with Gasteiger partial charge < -0.3 is 5.32 Å². The van der Waals surface area contributed by atoms with Crippen molar-refractivity contribution in [3.8, 4) is 0 Å². The molecule has 1 heterocycles. The number of hydrogen-bond donors (Lipinski definition) is 1. The van der Waals surface area contributed by atoms with Crippen molar-refractivity contribution in [1.82, 2.24) is 10.3 Å². The van der Waals surface area contributed by atoms with E-state index in [-0.39, 0.29) is 0 Å². The summed E-state index contributed by atoms with van der Waals surface area (Å²) in [7, 11) is 0. The molecule has 0 bridgehead atoms. The maximum Gasteiger partial charge on any atom is 0.141 e. The van der Waals surface area contributed by atoms with E-state index in [0.717, 1.165) is 12.3 Å². The third kappa shape index (κ3) is 3.32. The summed E-state index contributed by atoms with van der Waals surface area (Å²) in [5.74, 6) is -1.82. The van der Waals surface area contributed by atoms with Crippen molar-refractivity contribution in [2.24, 2.45) is 0 Å². The van der Waals surface area contributed by atoms with Crippen LogP contribution in [0.5, 0.6) is 0 Å². The minimum atomic E-state index is -0.665. The highest BCUT2D eigenvalue weighted by Gasteiger charge is 2.16. The van der Waals surface area contributed by atoms with Crippen molar-refractivity contribution in [1.29, 1.82) is 0 Å². The van der Waals surface area contributed by atoms with Crippen LogP contribution in [-0.2, 0) is 0 Å². The number of nitrogens with one attached hydrogen (secondary N) is 1. The van der Waals surface area contributed by atoms with Gasteiger partial charge in [0.2, 0.25) is 0 Å². The summed E-state index contributed by atoms with van der Waals surface area (Å²) in [5, 5.41) is 3.06. The minimum absolute atomic E-state index is 0.395. The quantitative estimate of drug-likeness (QED) is 0.919. The van der Waals surface area contributed by atoms with Gasteiger partial charge in [0.15, 0.2) is 0 Å². The number of nitrogens with zero attached hydrogens (tertiary/aromatic N) is 1. The molecule has 0 amide bonds. The zero-order chi connectivity index (χ0) is 13.8. The van der Waals surface area contributed by atoms with Gasteiger partial charge in [-0.1, -0.05) is 6.92 Å². The predicted molar refractivity (Wildman–Crippen MR) is 66.1 cm³/mol. The summed E-state index contributed by atoms with van der Waals surface area (Å²) in [6, 6.07) is 4.04. The molecule has 1 N–H and O–H groups in total. The average molecular weight is 266 g/mol. The molecule has 0 radical (unpaired) electrons. The molecule has 2 aromatic rings. The van der Waals surface area contributed by atoms with Crippen LogP contribution in [0.3, 0.4) is 0 Å². The lowest BCUT2D eigenvalue weighted by Crippen LogP contribution is -2.22. The summed E-state index contributed by atoms with van der Waals surface area (Å²) >= 11 is 0. The molecule has 1 aromatic carbocycles. The van der Waals surface area contributed by atoms with Crippen LogP contribution in [0.15, 0.2) is 36.7 Å². The maximum absolute atomic E-state index is 13.3. The summed E-state index contributed by atoms with van der Waals surface area (Å²) in [6.45, 7) is 2.43. The Labute approximate surface area is 109 Å². The summed E-state index contributed by atoms with van der Waals surface area (Å²) in [5.41, 5.74) is 0.915. The fourth-order valence-electron chi connectivity index (χ4n) is 1.96. The van der Waals surface area contributed by atoms with Crippen LogP contribution >= 0.6 is 0 Å². The van der Waals surface area contributed by atoms with E-state index in [1.807, 2.05) is 6.92 Å². The highest BCUT2D eigenvalue weighted by Crippen LogP contribution is 2.23. The summed E-state index contributed by atoms with van der Waals surface area (Å²) in [4.78, 5) is 3.76. The van der Waals surface area contributed by atoms with Crippen molar-refractivity contribution in [3.63, 3.8) is 0 Å². The monoisotopic (exact) mass is 266 g/mol. The van der Waals surface area contributed by atoms with Gasteiger partial charge in [0.1, 0.15) is 17.5 Å². The lowest BCUT2D eigenvalue weighted by atomic mass is 10.00. The van der Waals surface area contributed by atoms with E-state index in [4.69, 9.17) is 0 Å². The second-order valence-electron chi connectivity index (χ2n) is 4.13. The third-order valence-electron chi connectivity index (χ3n) is 2.69. The lowest BCUT2D eigenvalue weighted by Gasteiger charge is -2.18. The molecule has 2 nitrogen and oxygen atoms in total. The number of rotatable bonds is 4. The molecule has 1 atom stereocenters. The fraction of sp³-hybridized carbons (Fsp3) is 0.214. The van der Waals surface area contributed by atoms with Crippen LogP contribution in [0.4, 0.5) is 13.2 Å². The highest BCUT2D eigenvalue weighted by molar-refractivity contribution is 5.31. The van der Waals surface area contributed by atoms with Crippen molar-refractivity contribution >= 4 is 0 Å². The number of halogens is 3. The van der Waals surface area contributed by atoms with Crippen LogP contribution in [0.25, 0.3) is 0 Å². The Morgan fingerprint density at radius 2 is 1.58 bits per heavy atom. The van der Waals surface area contributed by atoms with E-state index < -0.39 is 23.5 Å². The SMILES string of the molecule is CCNC(c1cncc(F)c1)c1cc(F)cc(F)c1. The van der Waals surface area contributed by atoms with Crippen LogP contribution in [-0.4, -0.2) is 11.5 Å². The Hall–Kier alpha value is -1.88. The molecule has 0 saturated heterocycles. The smallest absolute Gasteiger partial charge is 0.141 e. The van der Waals surface area contributed by atoms with E-state index >= 15 is 0 Å². The zero-order valence-corrected chi connectivity index (χ0v) is 10.3. The molecule has 0 spiro atoms. The molecule has 0 aliphatic heterocycles. The van der Waals surface area contributed by atoms with Gasteiger partial charge in [-0.05, 0) is 35.9 Å².